The lowest BCUT2D eigenvalue weighted by Crippen LogP contribution is -2.48. The summed E-state index contributed by atoms with van der Waals surface area (Å²) < 4.78 is 4.96. The van der Waals surface area contributed by atoms with Gasteiger partial charge in [-0.1, -0.05) is 19.4 Å². The van der Waals surface area contributed by atoms with Crippen molar-refractivity contribution in [3.05, 3.63) is 23.8 Å². The normalized spacial score (nSPS) is 13.8. The molecule has 1 rings (SSSR count). The molecule has 0 amide bonds. The predicted molar refractivity (Wildman–Crippen MR) is 72.4 cm³/mol. The van der Waals surface area contributed by atoms with Crippen LogP contribution < -0.4 is 10.1 Å². The van der Waals surface area contributed by atoms with Crippen LogP contribution in [0.3, 0.4) is 0 Å². The Balaban J connectivity index is 2.75. The standard InChI is InChI=1S/C14H21NO4/c1-4-7-14(2,13(17)18)15-9-10-5-6-12(19-3)11(16)8-10/h5-6,8,15-16H,4,7,9H2,1-3H3,(H,17,18). The maximum Gasteiger partial charge on any atom is 0.323 e. The minimum Gasteiger partial charge on any atom is -0.504 e. The molecule has 0 saturated heterocycles. The topological polar surface area (TPSA) is 78.8 Å². The molecule has 0 aromatic heterocycles. The van der Waals surface area contributed by atoms with Crippen LogP contribution in [0.2, 0.25) is 0 Å². The van der Waals surface area contributed by atoms with Crippen LogP contribution in [0.5, 0.6) is 11.5 Å². The van der Waals surface area contributed by atoms with Crippen LogP contribution >= 0.6 is 0 Å². The molecule has 0 aliphatic heterocycles. The molecule has 1 aromatic carbocycles. The molecule has 1 unspecified atom stereocenters. The van der Waals surface area contributed by atoms with Gasteiger partial charge in [0.1, 0.15) is 5.54 Å². The van der Waals surface area contributed by atoms with Gasteiger partial charge in [-0.25, -0.2) is 0 Å². The van der Waals surface area contributed by atoms with Gasteiger partial charge in [0, 0.05) is 6.54 Å². The number of rotatable bonds is 7. The lowest BCUT2D eigenvalue weighted by molar-refractivity contribution is -0.144. The second kappa shape index (κ2) is 6.43. The molecule has 0 bridgehead atoms. The van der Waals surface area contributed by atoms with E-state index in [1.807, 2.05) is 6.92 Å². The van der Waals surface area contributed by atoms with E-state index in [0.29, 0.717) is 18.7 Å². The van der Waals surface area contributed by atoms with Crippen molar-refractivity contribution in [1.29, 1.82) is 0 Å². The Bertz CT molecular complexity index is 447. The third-order valence-electron chi connectivity index (χ3n) is 3.15. The molecule has 19 heavy (non-hydrogen) atoms. The third kappa shape index (κ3) is 3.86. The first-order valence-electron chi connectivity index (χ1n) is 6.27. The molecule has 0 radical (unpaired) electrons. The number of carbonyl (C=O) groups is 1. The van der Waals surface area contributed by atoms with Crippen molar-refractivity contribution in [1.82, 2.24) is 5.32 Å². The number of aliphatic carboxylic acids is 1. The first-order chi connectivity index (χ1) is 8.92. The second-order valence-corrected chi connectivity index (χ2v) is 4.75. The Morgan fingerprint density at radius 3 is 2.63 bits per heavy atom. The number of aromatic hydroxyl groups is 1. The highest BCUT2D eigenvalue weighted by molar-refractivity contribution is 5.78. The lowest BCUT2D eigenvalue weighted by atomic mass is 9.96. The zero-order chi connectivity index (χ0) is 14.5. The van der Waals surface area contributed by atoms with Crippen molar-refractivity contribution in [2.75, 3.05) is 7.11 Å². The summed E-state index contributed by atoms with van der Waals surface area (Å²) in [6, 6.07) is 5.02. The number of hydrogen-bond acceptors (Lipinski definition) is 4. The number of phenols is 1. The van der Waals surface area contributed by atoms with E-state index in [1.165, 1.54) is 7.11 Å². The Labute approximate surface area is 113 Å². The van der Waals surface area contributed by atoms with Gasteiger partial charge in [0.25, 0.3) is 0 Å². The van der Waals surface area contributed by atoms with Crippen LogP contribution in [0.4, 0.5) is 0 Å². The highest BCUT2D eigenvalue weighted by Gasteiger charge is 2.31. The van der Waals surface area contributed by atoms with Crippen molar-refractivity contribution in [2.45, 2.75) is 38.8 Å². The van der Waals surface area contributed by atoms with Gasteiger partial charge in [0.05, 0.1) is 7.11 Å². The molecule has 1 aromatic rings. The molecule has 0 saturated carbocycles. The quantitative estimate of drug-likeness (QED) is 0.705. The molecule has 3 N–H and O–H groups in total. The summed E-state index contributed by atoms with van der Waals surface area (Å²) >= 11 is 0. The minimum atomic E-state index is -0.954. The van der Waals surface area contributed by atoms with E-state index < -0.39 is 11.5 Å². The maximum atomic E-state index is 11.3. The smallest absolute Gasteiger partial charge is 0.323 e. The van der Waals surface area contributed by atoms with E-state index in [4.69, 9.17) is 4.74 Å². The van der Waals surface area contributed by atoms with E-state index in [1.54, 1.807) is 25.1 Å². The Kier molecular flexibility index (Phi) is 5.18. The SMILES string of the molecule is CCCC(C)(NCc1ccc(OC)c(O)c1)C(=O)O. The summed E-state index contributed by atoms with van der Waals surface area (Å²) in [5.74, 6) is -0.417. The predicted octanol–water partition coefficient (Wildman–Crippen LogP) is 2.13. The summed E-state index contributed by atoms with van der Waals surface area (Å²) in [5, 5.41) is 21.9. The van der Waals surface area contributed by atoms with E-state index in [-0.39, 0.29) is 5.75 Å². The molecule has 1 atom stereocenters. The average Bonchev–Trinajstić information content (AvgIpc) is 2.36. The van der Waals surface area contributed by atoms with Gasteiger partial charge >= 0.3 is 5.97 Å². The van der Waals surface area contributed by atoms with E-state index >= 15 is 0 Å². The van der Waals surface area contributed by atoms with Crippen molar-refractivity contribution < 1.29 is 19.7 Å². The van der Waals surface area contributed by atoms with Crippen LogP contribution in [0, 0.1) is 0 Å². The number of carboxylic acids is 1. The zero-order valence-corrected chi connectivity index (χ0v) is 11.6. The van der Waals surface area contributed by atoms with Crippen LogP contribution in [0.1, 0.15) is 32.3 Å². The van der Waals surface area contributed by atoms with Gasteiger partial charge in [0.2, 0.25) is 0 Å². The van der Waals surface area contributed by atoms with E-state index in [2.05, 4.69) is 5.32 Å². The van der Waals surface area contributed by atoms with Gasteiger partial charge in [-0.2, -0.15) is 0 Å². The third-order valence-corrected chi connectivity index (χ3v) is 3.15. The molecule has 0 fully saturated rings. The zero-order valence-electron chi connectivity index (χ0n) is 11.6. The summed E-state index contributed by atoms with van der Waals surface area (Å²) in [5.41, 5.74) is -0.147. The maximum absolute atomic E-state index is 11.3. The Hall–Kier alpha value is -1.75. The first-order valence-corrected chi connectivity index (χ1v) is 6.27. The fraction of sp³-hybridized carbons (Fsp3) is 0.500. The average molecular weight is 267 g/mol. The number of benzene rings is 1. The highest BCUT2D eigenvalue weighted by atomic mass is 16.5. The van der Waals surface area contributed by atoms with Crippen molar-refractivity contribution >= 4 is 5.97 Å². The van der Waals surface area contributed by atoms with Gasteiger partial charge in [0.15, 0.2) is 11.5 Å². The number of carboxylic acid groups (broad SMARTS) is 1. The van der Waals surface area contributed by atoms with Crippen molar-refractivity contribution in [2.24, 2.45) is 0 Å². The van der Waals surface area contributed by atoms with Crippen LogP contribution in [0.25, 0.3) is 0 Å². The number of methoxy groups -OCH3 is 1. The summed E-state index contributed by atoms with van der Waals surface area (Å²) in [4.78, 5) is 11.3. The van der Waals surface area contributed by atoms with Crippen LogP contribution in [0.15, 0.2) is 18.2 Å². The monoisotopic (exact) mass is 267 g/mol. The fourth-order valence-electron chi connectivity index (χ4n) is 1.91. The fourth-order valence-corrected chi connectivity index (χ4v) is 1.91. The number of ether oxygens (including phenoxy) is 1. The van der Waals surface area contributed by atoms with E-state index in [0.717, 1.165) is 12.0 Å². The second-order valence-electron chi connectivity index (χ2n) is 4.75. The van der Waals surface area contributed by atoms with Crippen molar-refractivity contribution in [3.63, 3.8) is 0 Å². The summed E-state index contributed by atoms with van der Waals surface area (Å²) in [6.45, 7) is 3.99. The lowest BCUT2D eigenvalue weighted by Gasteiger charge is -2.26. The molecule has 0 aliphatic carbocycles. The molecule has 106 valence electrons. The first kappa shape index (κ1) is 15.3. The van der Waals surface area contributed by atoms with Gasteiger partial charge in [-0.05, 0) is 31.0 Å². The van der Waals surface area contributed by atoms with Crippen molar-refractivity contribution in [3.8, 4) is 11.5 Å². The number of phenolic OH excluding ortho intramolecular Hbond substituents is 1. The van der Waals surface area contributed by atoms with Gasteiger partial charge in [-0.15, -0.1) is 0 Å². The largest absolute Gasteiger partial charge is 0.504 e. The Morgan fingerprint density at radius 1 is 1.47 bits per heavy atom. The molecular formula is C14H21NO4. The number of nitrogens with one attached hydrogen (secondary N) is 1. The molecule has 0 aliphatic rings. The van der Waals surface area contributed by atoms with Gasteiger partial charge < -0.3 is 14.9 Å². The molecular weight excluding hydrogens is 246 g/mol. The van der Waals surface area contributed by atoms with E-state index in [9.17, 15) is 15.0 Å². The molecule has 0 heterocycles. The van der Waals surface area contributed by atoms with Crippen LogP contribution in [-0.2, 0) is 11.3 Å². The molecule has 5 nitrogen and oxygen atoms in total. The summed E-state index contributed by atoms with van der Waals surface area (Å²) in [7, 11) is 1.48. The van der Waals surface area contributed by atoms with Gasteiger partial charge in [-0.3, -0.25) is 10.1 Å². The number of hydrogen-bond donors (Lipinski definition) is 3. The minimum absolute atomic E-state index is 0.0503. The highest BCUT2D eigenvalue weighted by Crippen LogP contribution is 2.26. The Morgan fingerprint density at radius 2 is 2.16 bits per heavy atom. The summed E-state index contributed by atoms with van der Waals surface area (Å²) in [6.07, 6.45) is 1.33. The van der Waals surface area contributed by atoms with Crippen LogP contribution in [-0.4, -0.2) is 28.8 Å². The molecule has 5 heteroatoms. The molecule has 0 spiro atoms.